The second kappa shape index (κ2) is 5.66. The molecular formula is C11H17N3O. The number of nitrogens with one attached hydrogen (secondary N) is 1. The Hall–Kier alpha value is -1.16. The van der Waals surface area contributed by atoms with Crippen molar-refractivity contribution in [1.82, 2.24) is 15.3 Å². The van der Waals surface area contributed by atoms with Gasteiger partial charge in [-0.15, -0.1) is 0 Å². The van der Waals surface area contributed by atoms with Crippen LogP contribution in [0.4, 0.5) is 0 Å². The molecular weight excluding hydrogens is 190 g/mol. The third-order valence-electron chi connectivity index (χ3n) is 2.77. The van der Waals surface area contributed by atoms with Crippen LogP contribution in [0.2, 0.25) is 0 Å². The van der Waals surface area contributed by atoms with Crippen LogP contribution in [0.5, 0.6) is 5.88 Å². The van der Waals surface area contributed by atoms with Crippen LogP contribution in [0, 0.1) is 5.92 Å². The quantitative estimate of drug-likeness (QED) is 0.807. The van der Waals surface area contributed by atoms with Gasteiger partial charge < -0.3 is 10.1 Å². The molecule has 0 aromatic carbocycles. The summed E-state index contributed by atoms with van der Waals surface area (Å²) >= 11 is 0. The molecule has 0 bridgehead atoms. The van der Waals surface area contributed by atoms with Gasteiger partial charge in [0.05, 0.1) is 12.8 Å². The summed E-state index contributed by atoms with van der Waals surface area (Å²) in [7, 11) is 0. The molecule has 1 fully saturated rings. The predicted molar refractivity (Wildman–Crippen MR) is 57.7 cm³/mol. The lowest BCUT2D eigenvalue weighted by atomic mass is 9.95. The normalized spacial score (nSPS) is 17.6. The molecule has 0 unspecified atom stereocenters. The van der Waals surface area contributed by atoms with Gasteiger partial charge in [0.2, 0.25) is 5.88 Å². The highest BCUT2D eigenvalue weighted by Crippen LogP contribution is 2.16. The van der Waals surface area contributed by atoms with E-state index in [-0.39, 0.29) is 0 Å². The van der Waals surface area contributed by atoms with Crippen molar-refractivity contribution in [2.24, 2.45) is 5.92 Å². The maximum atomic E-state index is 5.51. The number of hydrogen-bond acceptors (Lipinski definition) is 4. The van der Waals surface area contributed by atoms with Gasteiger partial charge in [0, 0.05) is 12.4 Å². The standard InChI is InChI=1S/C11H17N3O/c1-4-12-5-2-10(1)3-8-15-11-9-13-6-7-14-11/h6-7,9-10,12H,1-5,8H2. The number of hydrogen-bond donors (Lipinski definition) is 1. The summed E-state index contributed by atoms with van der Waals surface area (Å²) in [4.78, 5) is 8.02. The number of ether oxygens (including phenoxy) is 1. The van der Waals surface area contributed by atoms with E-state index in [1.54, 1.807) is 18.6 Å². The van der Waals surface area contributed by atoms with Crippen LogP contribution < -0.4 is 10.1 Å². The third-order valence-corrected chi connectivity index (χ3v) is 2.77. The minimum atomic E-state index is 0.631. The monoisotopic (exact) mass is 207 g/mol. The number of rotatable bonds is 4. The van der Waals surface area contributed by atoms with E-state index >= 15 is 0 Å². The van der Waals surface area contributed by atoms with E-state index in [1.165, 1.54) is 12.8 Å². The van der Waals surface area contributed by atoms with Crippen molar-refractivity contribution >= 4 is 0 Å². The van der Waals surface area contributed by atoms with Crippen molar-refractivity contribution in [3.63, 3.8) is 0 Å². The summed E-state index contributed by atoms with van der Waals surface area (Å²) < 4.78 is 5.51. The molecule has 0 saturated carbocycles. The first-order valence-corrected chi connectivity index (χ1v) is 5.54. The van der Waals surface area contributed by atoms with Crippen LogP contribution in [-0.2, 0) is 0 Å². The van der Waals surface area contributed by atoms with Gasteiger partial charge in [-0.2, -0.15) is 0 Å². The van der Waals surface area contributed by atoms with E-state index in [1.807, 2.05) is 0 Å². The van der Waals surface area contributed by atoms with Crippen molar-refractivity contribution in [3.8, 4) is 5.88 Å². The van der Waals surface area contributed by atoms with Gasteiger partial charge in [-0.05, 0) is 38.3 Å². The lowest BCUT2D eigenvalue weighted by molar-refractivity contribution is 0.244. The first kappa shape index (κ1) is 10.4. The number of piperidine rings is 1. The van der Waals surface area contributed by atoms with Crippen molar-refractivity contribution < 1.29 is 4.74 Å². The summed E-state index contributed by atoms with van der Waals surface area (Å²) in [5.41, 5.74) is 0. The van der Waals surface area contributed by atoms with Gasteiger partial charge >= 0.3 is 0 Å². The summed E-state index contributed by atoms with van der Waals surface area (Å²) in [5, 5.41) is 3.36. The molecule has 0 atom stereocenters. The Labute approximate surface area is 90.1 Å². The second-order valence-electron chi connectivity index (χ2n) is 3.87. The van der Waals surface area contributed by atoms with Crippen molar-refractivity contribution in [3.05, 3.63) is 18.6 Å². The third kappa shape index (κ3) is 3.47. The Balaban J connectivity index is 1.66. The average molecular weight is 207 g/mol. The molecule has 1 N–H and O–H groups in total. The highest BCUT2D eigenvalue weighted by Gasteiger charge is 2.12. The van der Waals surface area contributed by atoms with E-state index in [4.69, 9.17) is 4.74 Å². The van der Waals surface area contributed by atoms with E-state index in [0.717, 1.165) is 32.0 Å². The Morgan fingerprint density at radius 2 is 2.20 bits per heavy atom. The lowest BCUT2D eigenvalue weighted by Crippen LogP contribution is -2.28. The summed E-state index contributed by atoms with van der Waals surface area (Å²) in [5.74, 6) is 1.44. The molecule has 82 valence electrons. The molecule has 0 aliphatic carbocycles. The van der Waals surface area contributed by atoms with E-state index in [0.29, 0.717) is 5.88 Å². The topological polar surface area (TPSA) is 47.0 Å². The van der Waals surface area contributed by atoms with Crippen LogP contribution in [0.1, 0.15) is 19.3 Å². The maximum absolute atomic E-state index is 5.51. The van der Waals surface area contributed by atoms with Gasteiger partial charge in [0.1, 0.15) is 0 Å². The molecule has 0 radical (unpaired) electrons. The number of aromatic nitrogens is 2. The number of nitrogens with zero attached hydrogens (tertiary/aromatic N) is 2. The molecule has 0 amide bonds. The Morgan fingerprint density at radius 1 is 1.33 bits per heavy atom. The highest BCUT2D eigenvalue weighted by molar-refractivity contribution is 5.00. The fraction of sp³-hybridized carbons (Fsp3) is 0.636. The zero-order valence-corrected chi connectivity index (χ0v) is 8.85. The van der Waals surface area contributed by atoms with Crippen LogP contribution in [0.25, 0.3) is 0 Å². The molecule has 1 aromatic heterocycles. The Morgan fingerprint density at radius 3 is 2.93 bits per heavy atom. The smallest absolute Gasteiger partial charge is 0.232 e. The lowest BCUT2D eigenvalue weighted by Gasteiger charge is -2.22. The van der Waals surface area contributed by atoms with Crippen molar-refractivity contribution in [2.45, 2.75) is 19.3 Å². The molecule has 1 aliphatic rings. The highest BCUT2D eigenvalue weighted by atomic mass is 16.5. The zero-order chi connectivity index (χ0) is 10.3. The SMILES string of the molecule is c1cnc(OCCC2CCNCC2)cn1. The predicted octanol–water partition coefficient (Wildman–Crippen LogP) is 1.25. The summed E-state index contributed by atoms with van der Waals surface area (Å²) in [6, 6.07) is 0. The van der Waals surface area contributed by atoms with E-state index < -0.39 is 0 Å². The molecule has 2 heterocycles. The van der Waals surface area contributed by atoms with Crippen molar-refractivity contribution in [2.75, 3.05) is 19.7 Å². The minimum Gasteiger partial charge on any atom is -0.477 e. The first-order valence-electron chi connectivity index (χ1n) is 5.54. The molecule has 4 nitrogen and oxygen atoms in total. The molecule has 4 heteroatoms. The fourth-order valence-electron chi connectivity index (χ4n) is 1.86. The van der Waals surface area contributed by atoms with Gasteiger partial charge in [0.25, 0.3) is 0 Å². The van der Waals surface area contributed by atoms with Crippen LogP contribution in [0.3, 0.4) is 0 Å². The van der Waals surface area contributed by atoms with E-state index in [2.05, 4.69) is 15.3 Å². The van der Waals surface area contributed by atoms with Gasteiger partial charge in [-0.3, -0.25) is 4.98 Å². The Bertz CT molecular complexity index is 272. The molecule has 1 saturated heterocycles. The van der Waals surface area contributed by atoms with E-state index in [9.17, 15) is 0 Å². The molecule has 1 aliphatic heterocycles. The fourth-order valence-corrected chi connectivity index (χ4v) is 1.86. The second-order valence-corrected chi connectivity index (χ2v) is 3.87. The first-order chi connectivity index (χ1) is 7.45. The van der Waals surface area contributed by atoms with Gasteiger partial charge in [-0.25, -0.2) is 4.98 Å². The van der Waals surface area contributed by atoms with Crippen LogP contribution >= 0.6 is 0 Å². The van der Waals surface area contributed by atoms with Gasteiger partial charge in [-0.1, -0.05) is 0 Å². The minimum absolute atomic E-state index is 0.631. The van der Waals surface area contributed by atoms with Crippen molar-refractivity contribution in [1.29, 1.82) is 0 Å². The molecule has 2 rings (SSSR count). The molecule has 0 spiro atoms. The zero-order valence-electron chi connectivity index (χ0n) is 8.85. The van der Waals surface area contributed by atoms with Crippen LogP contribution in [0.15, 0.2) is 18.6 Å². The largest absolute Gasteiger partial charge is 0.477 e. The molecule has 1 aromatic rings. The van der Waals surface area contributed by atoms with Gasteiger partial charge in [0.15, 0.2) is 0 Å². The summed E-state index contributed by atoms with van der Waals surface area (Å²) in [6.45, 7) is 3.05. The maximum Gasteiger partial charge on any atom is 0.232 e. The summed E-state index contributed by atoms with van der Waals surface area (Å²) in [6.07, 6.45) is 8.62. The average Bonchev–Trinajstić information content (AvgIpc) is 2.32. The Kier molecular flexibility index (Phi) is 3.91. The van der Waals surface area contributed by atoms with Crippen LogP contribution in [-0.4, -0.2) is 29.7 Å². The molecule has 15 heavy (non-hydrogen) atoms.